The van der Waals surface area contributed by atoms with Crippen LogP contribution in [0.15, 0.2) is 36.4 Å². The molecule has 1 aliphatic rings. The minimum absolute atomic E-state index is 0.139. The van der Waals surface area contributed by atoms with E-state index < -0.39 is 11.6 Å². The summed E-state index contributed by atoms with van der Waals surface area (Å²) in [5, 5.41) is 0. The molecular weight excluding hydrogens is 494 g/mol. The molecule has 0 saturated heterocycles. The van der Waals surface area contributed by atoms with Crippen molar-refractivity contribution in [2.45, 2.75) is 66.8 Å². The molecule has 2 aromatic heterocycles. The summed E-state index contributed by atoms with van der Waals surface area (Å²) >= 11 is 0. The van der Waals surface area contributed by atoms with Crippen LogP contribution < -0.4 is 0 Å². The number of esters is 2. The van der Waals surface area contributed by atoms with Gasteiger partial charge in [0, 0.05) is 52.4 Å². The highest BCUT2D eigenvalue weighted by molar-refractivity contribution is 5.87. The molecule has 9 heteroatoms. The molecule has 0 amide bonds. The Morgan fingerprint density at radius 3 is 2.03 bits per heavy atom. The predicted molar refractivity (Wildman–Crippen MR) is 151 cm³/mol. The molecule has 0 radical (unpaired) electrons. The highest BCUT2D eigenvalue weighted by atomic mass is 16.6. The number of methoxy groups -OCH3 is 1. The average molecular weight is 540 g/mol. The first kappa shape index (κ1) is 30.7. The molecule has 3 heterocycles. The van der Waals surface area contributed by atoms with Crippen molar-refractivity contribution in [1.82, 2.24) is 24.7 Å². The number of ether oxygens (including phenoxy) is 2. The number of fused-ring (bicyclic) bond motifs is 2. The van der Waals surface area contributed by atoms with Crippen molar-refractivity contribution in [2.24, 2.45) is 5.41 Å². The molecule has 9 nitrogen and oxygen atoms in total. The molecular formula is C30H45N5O4. The Hall–Kier alpha value is -2.88. The molecule has 3 rings (SSSR count). The Kier molecular flexibility index (Phi) is 10.6. The van der Waals surface area contributed by atoms with E-state index in [1.807, 2.05) is 39.0 Å². The van der Waals surface area contributed by atoms with Crippen LogP contribution in [0.5, 0.6) is 0 Å². The first-order valence-corrected chi connectivity index (χ1v) is 13.7. The minimum Gasteiger partial charge on any atom is -0.464 e. The van der Waals surface area contributed by atoms with Crippen molar-refractivity contribution >= 4 is 11.9 Å². The van der Waals surface area contributed by atoms with Gasteiger partial charge in [-0.3, -0.25) is 24.5 Å². The summed E-state index contributed by atoms with van der Waals surface area (Å²) in [6.07, 6.45) is 0. The van der Waals surface area contributed by atoms with Gasteiger partial charge in [-0.15, -0.1) is 0 Å². The molecule has 0 N–H and O–H groups in total. The zero-order chi connectivity index (χ0) is 28.6. The van der Waals surface area contributed by atoms with Gasteiger partial charge in [0.2, 0.25) is 0 Å². The minimum atomic E-state index is -0.541. The van der Waals surface area contributed by atoms with Gasteiger partial charge in [0.25, 0.3) is 0 Å². The van der Waals surface area contributed by atoms with Crippen LogP contribution in [-0.4, -0.2) is 88.6 Å². The van der Waals surface area contributed by atoms with Gasteiger partial charge in [0.1, 0.15) is 11.3 Å². The van der Waals surface area contributed by atoms with Gasteiger partial charge in [-0.05, 0) is 50.5 Å². The van der Waals surface area contributed by atoms with Crippen molar-refractivity contribution in [3.05, 3.63) is 59.2 Å². The predicted octanol–water partition coefficient (Wildman–Crippen LogP) is 3.77. The molecule has 0 fully saturated rings. The lowest BCUT2D eigenvalue weighted by Crippen LogP contribution is -2.43. The molecule has 0 spiro atoms. The lowest BCUT2D eigenvalue weighted by molar-refractivity contribution is -0.156. The third-order valence-electron chi connectivity index (χ3n) is 6.16. The SMILES string of the molecule is COC(=O)c1cccc(CN2CCN(CC(=O)OC(C)(C)C)Cc3cccc(n3)CN(CC(C)(C)C)CC2)n1. The summed E-state index contributed by atoms with van der Waals surface area (Å²) in [4.78, 5) is 41.2. The number of hydrogen-bond acceptors (Lipinski definition) is 9. The summed E-state index contributed by atoms with van der Waals surface area (Å²) in [6.45, 7) is 18.4. The van der Waals surface area contributed by atoms with Gasteiger partial charge < -0.3 is 9.47 Å². The van der Waals surface area contributed by atoms with Crippen LogP contribution in [0.3, 0.4) is 0 Å². The van der Waals surface area contributed by atoms with E-state index in [1.165, 1.54) is 7.11 Å². The second-order valence-corrected chi connectivity index (χ2v) is 12.5. The second-order valence-electron chi connectivity index (χ2n) is 12.5. The molecule has 214 valence electrons. The van der Waals surface area contributed by atoms with Gasteiger partial charge in [-0.1, -0.05) is 32.9 Å². The molecule has 2 bridgehead atoms. The highest BCUT2D eigenvalue weighted by Crippen LogP contribution is 2.18. The average Bonchev–Trinajstić information content (AvgIpc) is 2.82. The van der Waals surface area contributed by atoms with Gasteiger partial charge in [0.05, 0.1) is 30.7 Å². The Labute approximate surface area is 233 Å². The summed E-state index contributed by atoms with van der Waals surface area (Å²) in [7, 11) is 1.36. The molecule has 0 aromatic carbocycles. The maximum atomic E-state index is 12.7. The standard InChI is InChI=1S/C30H45N5O4/c1-29(2,3)22-35-17-15-33(18-25-12-9-13-26(32-25)28(37)38-7)14-16-34(21-27(36)39-30(4,5)6)19-23-10-8-11-24(20-35)31-23/h8-13H,14-22H2,1-7H3. The van der Waals surface area contributed by atoms with Crippen LogP contribution in [0.4, 0.5) is 0 Å². The Morgan fingerprint density at radius 1 is 0.821 bits per heavy atom. The van der Waals surface area contributed by atoms with E-state index in [0.29, 0.717) is 25.3 Å². The van der Waals surface area contributed by atoms with Crippen molar-refractivity contribution in [3.8, 4) is 0 Å². The molecule has 39 heavy (non-hydrogen) atoms. The summed E-state index contributed by atoms with van der Waals surface area (Å²) in [5.41, 5.74) is 2.66. The smallest absolute Gasteiger partial charge is 0.356 e. The zero-order valence-corrected chi connectivity index (χ0v) is 24.7. The normalized spacial score (nSPS) is 16.7. The van der Waals surface area contributed by atoms with Crippen LogP contribution in [0.1, 0.15) is 69.1 Å². The maximum absolute atomic E-state index is 12.7. The fraction of sp³-hybridized carbons (Fsp3) is 0.600. The molecule has 2 aromatic rings. The van der Waals surface area contributed by atoms with Gasteiger partial charge in [-0.2, -0.15) is 0 Å². The van der Waals surface area contributed by atoms with Gasteiger partial charge in [0.15, 0.2) is 0 Å². The molecule has 1 aliphatic heterocycles. The maximum Gasteiger partial charge on any atom is 0.356 e. The van der Waals surface area contributed by atoms with Gasteiger partial charge >= 0.3 is 11.9 Å². The van der Waals surface area contributed by atoms with Crippen LogP contribution in [0, 0.1) is 5.41 Å². The van der Waals surface area contributed by atoms with Crippen molar-refractivity contribution in [3.63, 3.8) is 0 Å². The van der Waals surface area contributed by atoms with Crippen LogP contribution in [0.25, 0.3) is 0 Å². The third kappa shape index (κ3) is 11.0. The number of hydrogen-bond donors (Lipinski definition) is 0. The van der Waals surface area contributed by atoms with Crippen LogP contribution in [0.2, 0.25) is 0 Å². The molecule has 0 atom stereocenters. The summed E-state index contributed by atoms with van der Waals surface area (Å²) in [5.74, 6) is -0.694. The van der Waals surface area contributed by atoms with Crippen molar-refractivity contribution < 1.29 is 19.1 Å². The zero-order valence-electron chi connectivity index (χ0n) is 24.7. The van der Waals surface area contributed by atoms with Crippen LogP contribution >= 0.6 is 0 Å². The van der Waals surface area contributed by atoms with E-state index in [2.05, 4.69) is 52.6 Å². The second kappa shape index (κ2) is 13.5. The quantitative estimate of drug-likeness (QED) is 0.509. The lowest BCUT2D eigenvalue weighted by atomic mass is 9.96. The largest absolute Gasteiger partial charge is 0.464 e. The monoisotopic (exact) mass is 539 g/mol. The van der Waals surface area contributed by atoms with Crippen molar-refractivity contribution in [1.29, 1.82) is 0 Å². The number of aromatic nitrogens is 2. The van der Waals surface area contributed by atoms with E-state index in [1.54, 1.807) is 6.07 Å². The number of carbonyl (C=O) groups excluding carboxylic acids is 2. The van der Waals surface area contributed by atoms with E-state index in [4.69, 9.17) is 14.5 Å². The Morgan fingerprint density at radius 2 is 1.41 bits per heavy atom. The third-order valence-corrected chi connectivity index (χ3v) is 6.16. The highest BCUT2D eigenvalue weighted by Gasteiger charge is 2.23. The molecule has 0 unspecified atom stereocenters. The summed E-state index contributed by atoms with van der Waals surface area (Å²) < 4.78 is 10.5. The van der Waals surface area contributed by atoms with Crippen LogP contribution in [-0.2, 0) is 33.9 Å². The first-order valence-electron chi connectivity index (χ1n) is 13.7. The van der Waals surface area contributed by atoms with E-state index in [9.17, 15) is 9.59 Å². The lowest BCUT2D eigenvalue weighted by Gasteiger charge is -2.33. The van der Waals surface area contributed by atoms with Crippen molar-refractivity contribution in [2.75, 3.05) is 46.4 Å². The number of nitrogens with zero attached hydrogens (tertiary/aromatic N) is 5. The van der Waals surface area contributed by atoms with Gasteiger partial charge in [-0.25, -0.2) is 9.78 Å². The fourth-order valence-corrected chi connectivity index (χ4v) is 4.67. The Balaban J connectivity index is 1.86. The Bertz CT molecular complexity index is 1110. The first-order chi connectivity index (χ1) is 18.3. The summed E-state index contributed by atoms with van der Waals surface area (Å²) in [6, 6.07) is 11.6. The molecule has 0 saturated carbocycles. The van der Waals surface area contributed by atoms with E-state index in [-0.39, 0.29) is 17.9 Å². The molecule has 0 aliphatic carbocycles. The number of rotatable bonds is 6. The van der Waals surface area contributed by atoms with E-state index in [0.717, 1.165) is 49.8 Å². The topological polar surface area (TPSA) is 88.1 Å². The number of pyridine rings is 2. The number of carbonyl (C=O) groups is 2. The van der Waals surface area contributed by atoms with E-state index >= 15 is 0 Å². The fourth-order valence-electron chi connectivity index (χ4n) is 4.67.